The molecule has 4 rings (SSSR count). The Labute approximate surface area is 171 Å². The number of nitrogens with one attached hydrogen (secondary N) is 2. The van der Waals surface area contributed by atoms with Gasteiger partial charge in [0.2, 0.25) is 11.8 Å². The van der Waals surface area contributed by atoms with Crippen LogP contribution < -0.4 is 15.4 Å². The lowest BCUT2D eigenvalue weighted by molar-refractivity contribution is -0.134. The van der Waals surface area contributed by atoms with Crippen LogP contribution in [-0.2, 0) is 9.59 Å². The van der Waals surface area contributed by atoms with Crippen LogP contribution in [0.2, 0.25) is 0 Å². The fraction of sp³-hybridized carbons (Fsp3) is 0.417. The second-order valence-corrected chi connectivity index (χ2v) is 8.14. The summed E-state index contributed by atoms with van der Waals surface area (Å²) in [4.78, 5) is 25.6. The minimum absolute atomic E-state index is 0.106. The van der Waals surface area contributed by atoms with Crippen LogP contribution in [0, 0.1) is 5.41 Å². The highest BCUT2D eigenvalue weighted by molar-refractivity contribution is 6.13. The molecular weight excluding hydrogens is 364 g/mol. The largest absolute Gasteiger partial charge is 0.457 e. The van der Waals surface area contributed by atoms with E-state index in [-0.39, 0.29) is 17.9 Å². The van der Waals surface area contributed by atoms with E-state index in [9.17, 15) is 9.59 Å². The summed E-state index contributed by atoms with van der Waals surface area (Å²) in [5.41, 5.74) is -0.227. The quantitative estimate of drug-likeness (QED) is 0.535. The number of rotatable bonds is 6. The van der Waals surface area contributed by atoms with Gasteiger partial charge in [-0.3, -0.25) is 9.59 Å². The molecule has 0 aromatic heterocycles. The lowest BCUT2D eigenvalue weighted by Gasteiger charge is -2.21. The SMILES string of the molecule is O=C(Nc1ccc(Oc2ccccc2)cc1)C1(C(=O)NC2CCCCCC2)CC1. The Morgan fingerprint density at radius 2 is 1.41 bits per heavy atom. The summed E-state index contributed by atoms with van der Waals surface area (Å²) in [6, 6.07) is 17.0. The van der Waals surface area contributed by atoms with E-state index in [0.29, 0.717) is 24.3 Å². The first-order chi connectivity index (χ1) is 14.2. The molecule has 5 nitrogen and oxygen atoms in total. The Hall–Kier alpha value is -2.82. The van der Waals surface area contributed by atoms with Gasteiger partial charge in [-0.25, -0.2) is 0 Å². The summed E-state index contributed by atoms with van der Waals surface area (Å²) in [6.45, 7) is 0. The molecule has 2 fully saturated rings. The zero-order valence-corrected chi connectivity index (χ0v) is 16.7. The fourth-order valence-corrected chi connectivity index (χ4v) is 3.91. The third kappa shape index (κ3) is 4.78. The third-order valence-electron chi connectivity index (χ3n) is 5.90. The summed E-state index contributed by atoms with van der Waals surface area (Å²) in [5.74, 6) is 1.14. The van der Waals surface area contributed by atoms with Crippen LogP contribution >= 0.6 is 0 Å². The molecule has 2 saturated carbocycles. The minimum Gasteiger partial charge on any atom is -0.457 e. The van der Waals surface area contributed by atoms with Crippen molar-refractivity contribution >= 4 is 17.5 Å². The first-order valence-corrected chi connectivity index (χ1v) is 10.6. The van der Waals surface area contributed by atoms with Crippen LogP contribution in [-0.4, -0.2) is 17.9 Å². The van der Waals surface area contributed by atoms with Crippen LogP contribution in [0.5, 0.6) is 11.5 Å². The maximum Gasteiger partial charge on any atom is 0.240 e. The number of ether oxygens (including phenoxy) is 1. The molecule has 2 aliphatic rings. The van der Waals surface area contributed by atoms with E-state index in [1.165, 1.54) is 12.8 Å². The van der Waals surface area contributed by atoms with Gasteiger partial charge in [0, 0.05) is 11.7 Å². The second-order valence-electron chi connectivity index (χ2n) is 8.14. The van der Waals surface area contributed by atoms with E-state index < -0.39 is 5.41 Å². The highest BCUT2D eigenvalue weighted by Crippen LogP contribution is 2.47. The lowest BCUT2D eigenvalue weighted by atomic mass is 10.0. The van der Waals surface area contributed by atoms with Crippen molar-refractivity contribution < 1.29 is 14.3 Å². The van der Waals surface area contributed by atoms with E-state index in [1.807, 2.05) is 42.5 Å². The molecule has 0 spiro atoms. The van der Waals surface area contributed by atoms with Gasteiger partial charge < -0.3 is 15.4 Å². The van der Waals surface area contributed by atoms with Gasteiger partial charge in [0.25, 0.3) is 0 Å². The summed E-state index contributed by atoms with van der Waals surface area (Å²) in [7, 11) is 0. The van der Waals surface area contributed by atoms with Crippen molar-refractivity contribution in [3.8, 4) is 11.5 Å². The monoisotopic (exact) mass is 392 g/mol. The number of carbonyl (C=O) groups is 2. The van der Waals surface area contributed by atoms with Gasteiger partial charge in [-0.15, -0.1) is 0 Å². The number of benzene rings is 2. The van der Waals surface area contributed by atoms with E-state index in [4.69, 9.17) is 4.74 Å². The number of carbonyl (C=O) groups excluding carboxylic acids is 2. The van der Waals surface area contributed by atoms with Gasteiger partial charge in [0.05, 0.1) is 0 Å². The van der Waals surface area contributed by atoms with E-state index >= 15 is 0 Å². The van der Waals surface area contributed by atoms with E-state index in [0.717, 1.165) is 31.4 Å². The molecule has 2 aliphatic carbocycles. The summed E-state index contributed by atoms with van der Waals surface area (Å²) in [6.07, 6.45) is 8.06. The van der Waals surface area contributed by atoms with Crippen molar-refractivity contribution in [2.75, 3.05) is 5.32 Å². The summed E-state index contributed by atoms with van der Waals surface area (Å²) >= 11 is 0. The van der Waals surface area contributed by atoms with Crippen molar-refractivity contribution in [3.63, 3.8) is 0 Å². The molecule has 0 heterocycles. The highest BCUT2D eigenvalue weighted by atomic mass is 16.5. The predicted molar refractivity (Wildman–Crippen MR) is 113 cm³/mol. The number of amides is 2. The molecule has 5 heteroatoms. The average Bonchev–Trinajstić information content (AvgIpc) is 3.56. The Morgan fingerprint density at radius 1 is 0.793 bits per heavy atom. The Morgan fingerprint density at radius 3 is 2.03 bits per heavy atom. The number of para-hydroxylation sites is 1. The van der Waals surface area contributed by atoms with Crippen molar-refractivity contribution in [1.29, 1.82) is 0 Å². The standard InChI is InChI=1S/C24H28N2O3/c27-22(25-18-8-4-1-2-5-9-18)24(16-17-24)23(28)26-19-12-14-21(15-13-19)29-20-10-6-3-7-11-20/h3,6-7,10-15,18H,1-2,4-5,8-9,16-17H2,(H,25,27)(H,26,28). The maximum atomic E-state index is 12.8. The zero-order chi connectivity index (χ0) is 20.1. The second kappa shape index (κ2) is 8.68. The van der Waals surface area contributed by atoms with Gasteiger partial charge in [-0.2, -0.15) is 0 Å². The molecule has 0 radical (unpaired) electrons. The van der Waals surface area contributed by atoms with Gasteiger partial charge in [0.1, 0.15) is 16.9 Å². The maximum absolute atomic E-state index is 12.8. The third-order valence-corrected chi connectivity index (χ3v) is 5.90. The number of hydrogen-bond acceptors (Lipinski definition) is 3. The smallest absolute Gasteiger partial charge is 0.240 e. The molecule has 0 aliphatic heterocycles. The van der Waals surface area contributed by atoms with Gasteiger partial charge >= 0.3 is 0 Å². The molecule has 2 aromatic carbocycles. The Balaban J connectivity index is 1.34. The van der Waals surface area contributed by atoms with Crippen molar-refractivity contribution in [3.05, 3.63) is 54.6 Å². The van der Waals surface area contributed by atoms with Gasteiger partial charge in [0.15, 0.2) is 0 Å². The first kappa shape index (κ1) is 19.5. The molecule has 2 N–H and O–H groups in total. The average molecular weight is 392 g/mol. The molecule has 0 atom stereocenters. The Kier molecular flexibility index (Phi) is 5.84. The van der Waals surface area contributed by atoms with Crippen molar-refractivity contribution in [2.45, 2.75) is 57.4 Å². The van der Waals surface area contributed by atoms with Crippen molar-refractivity contribution in [1.82, 2.24) is 5.32 Å². The van der Waals surface area contributed by atoms with Crippen LogP contribution in [0.3, 0.4) is 0 Å². The molecule has 29 heavy (non-hydrogen) atoms. The van der Waals surface area contributed by atoms with Gasteiger partial charge in [-0.1, -0.05) is 43.9 Å². The Bertz CT molecular complexity index is 836. The molecule has 2 amide bonds. The van der Waals surface area contributed by atoms with Crippen molar-refractivity contribution in [2.24, 2.45) is 5.41 Å². The fourth-order valence-electron chi connectivity index (χ4n) is 3.91. The molecule has 0 bridgehead atoms. The molecule has 152 valence electrons. The molecule has 2 aromatic rings. The normalized spacial score (nSPS) is 18.3. The van der Waals surface area contributed by atoms with Crippen LogP contribution in [0.25, 0.3) is 0 Å². The molecule has 0 saturated heterocycles. The highest BCUT2D eigenvalue weighted by Gasteiger charge is 2.56. The number of anilines is 1. The van der Waals surface area contributed by atoms with E-state index in [2.05, 4.69) is 10.6 Å². The van der Waals surface area contributed by atoms with Gasteiger partial charge in [-0.05, 0) is 62.1 Å². The minimum atomic E-state index is -0.897. The molecule has 0 unspecified atom stereocenters. The summed E-state index contributed by atoms with van der Waals surface area (Å²) in [5, 5.41) is 6.06. The zero-order valence-electron chi connectivity index (χ0n) is 16.7. The predicted octanol–water partition coefficient (Wildman–Crippen LogP) is 5.04. The summed E-state index contributed by atoms with van der Waals surface area (Å²) < 4.78 is 5.77. The van der Waals surface area contributed by atoms with Crippen LogP contribution in [0.1, 0.15) is 51.4 Å². The van der Waals surface area contributed by atoms with Crippen LogP contribution in [0.15, 0.2) is 54.6 Å². The lowest BCUT2D eigenvalue weighted by Crippen LogP contribution is -2.44. The van der Waals surface area contributed by atoms with E-state index in [1.54, 1.807) is 12.1 Å². The van der Waals surface area contributed by atoms with Crippen LogP contribution in [0.4, 0.5) is 5.69 Å². The topological polar surface area (TPSA) is 67.4 Å². The number of hydrogen-bond donors (Lipinski definition) is 2. The first-order valence-electron chi connectivity index (χ1n) is 10.6. The molecular formula is C24H28N2O3.